The lowest BCUT2D eigenvalue weighted by Gasteiger charge is -2.10. The van der Waals surface area contributed by atoms with Crippen molar-refractivity contribution in [1.29, 1.82) is 0 Å². The molecule has 10 heteroatoms. The fourth-order valence-electron chi connectivity index (χ4n) is 3.33. The van der Waals surface area contributed by atoms with Crippen LogP contribution in [-0.4, -0.2) is 38.0 Å². The fraction of sp³-hybridized carbons (Fsp3) is 0.111. The predicted octanol–water partition coefficient (Wildman–Crippen LogP) is 4.96. The van der Waals surface area contributed by atoms with Gasteiger partial charge in [0.15, 0.2) is 28.7 Å². The Balaban J connectivity index is 1.56. The lowest BCUT2D eigenvalue weighted by atomic mass is 10.1. The van der Waals surface area contributed by atoms with Gasteiger partial charge in [-0.1, -0.05) is 22.0 Å². The molecule has 0 amide bonds. The zero-order valence-electron chi connectivity index (χ0n) is 19.9. The number of esters is 3. The van der Waals surface area contributed by atoms with Crippen LogP contribution >= 0.6 is 15.9 Å². The minimum Gasteiger partial charge on any atom is -0.493 e. The minimum atomic E-state index is -0.650. The molecule has 0 unspecified atom stereocenters. The number of cyclic esters (lactones) is 1. The summed E-state index contributed by atoms with van der Waals surface area (Å²) in [6.07, 6.45) is 1.52. The van der Waals surface area contributed by atoms with Gasteiger partial charge in [-0.2, -0.15) is 0 Å². The zero-order chi connectivity index (χ0) is 26.5. The van der Waals surface area contributed by atoms with Crippen LogP contribution < -0.4 is 18.9 Å². The summed E-state index contributed by atoms with van der Waals surface area (Å²) in [6, 6.07) is 16.2. The number of ether oxygens (including phenoxy) is 5. The lowest BCUT2D eigenvalue weighted by Crippen LogP contribution is -2.09. The Hall–Kier alpha value is -4.44. The van der Waals surface area contributed by atoms with Gasteiger partial charge in [-0.25, -0.2) is 14.6 Å². The molecule has 0 aromatic heterocycles. The number of carbonyl (C=O) groups excluding carboxylic acids is 3. The van der Waals surface area contributed by atoms with Crippen LogP contribution in [0.5, 0.6) is 23.0 Å². The van der Waals surface area contributed by atoms with E-state index in [-0.39, 0.29) is 28.8 Å². The number of methoxy groups -OCH3 is 2. The van der Waals surface area contributed by atoms with E-state index in [9.17, 15) is 14.4 Å². The van der Waals surface area contributed by atoms with E-state index in [0.717, 1.165) is 4.47 Å². The largest absolute Gasteiger partial charge is 0.493 e. The second kappa shape index (κ2) is 11.1. The predicted molar refractivity (Wildman–Crippen MR) is 137 cm³/mol. The van der Waals surface area contributed by atoms with Gasteiger partial charge in [0.05, 0.1) is 19.8 Å². The molecule has 4 rings (SSSR count). The van der Waals surface area contributed by atoms with Crippen LogP contribution in [0, 0.1) is 0 Å². The maximum atomic E-state index is 12.5. The summed E-state index contributed by atoms with van der Waals surface area (Å²) in [6.45, 7) is 1.28. The molecule has 37 heavy (non-hydrogen) atoms. The number of carbonyl (C=O) groups is 3. The standard InChI is InChI=1S/C27H20BrNO8/c1-15(30)35-21-11-7-18(14-24(21)34-3)25-29-20(27(32)37-25)12-16-4-10-22(23(13-16)33-2)36-26(31)17-5-8-19(28)9-6-17/h4-14H,1-3H3/b20-12-. The topological polar surface area (TPSA) is 110 Å². The van der Waals surface area contributed by atoms with Gasteiger partial charge in [0.2, 0.25) is 5.90 Å². The average molecular weight is 566 g/mol. The van der Waals surface area contributed by atoms with Crippen LogP contribution in [0.15, 0.2) is 75.8 Å². The van der Waals surface area contributed by atoms with Crippen LogP contribution in [0.2, 0.25) is 0 Å². The molecule has 1 aliphatic rings. The van der Waals surface area contributed by atoms with Crippen LogP contribution in [0.25, 0.3) is 6.08 Å². The molecule has 0 N–H and O–H groups in total. The summed E-state index contributed by atoms with van der Waals surface area (Å²) in [5, 5.41) is 0. The number of halogens is 1. The number of benzene rings is 3. The quantitative estimate of drug-likeness (QED) is 0.225. The van der Waals surface area contributed by atoms with Gasteiger partial charge in [-0.3, -0.25) is 4.79 Å². The highest BCUT2D eigenvalue weighted by atomic mass is 79.9. The van der Waals surface area contributed by atoms with Gasteiger partial charge in [-0.15, -0.1) is 0 Å². The first-order valence-corrected chi connectivity index (χ1v) is 11.6. The van der Waals surface area contributed by atoms with E-state index < -0.39 is 17.9 Å². The molecule has 0 fully saturated rings. The third kappa shape index (κ3) is 6.04. The molecule has 188 valence electrons. The molecule has 1 aliphatic heterocycles. The Kier molecular flexibility index (Phi) is 7.69. The van der Waals surface area contributed by atoms with Crippen molar-refractivity contribution in [2.75, 3.05) is 14.2 Å². The fourth-order valence-corrected chi connectivity index (χ4v) is 3.60. The van der Waals surface area contributed by atoms with Gasteiger partial charge >= 0.3 is 17.9 Å². The molecule has 0 radical (unpaired) electrons. The van der Waals surface area contributed by atoms with E-state index in [0.29, 0.717) is 22.4 Å². The monoisotopic (exact) mass is 565 g/mol. The molecule has 3 aromatic carbocycles. The van der Waals surface area contributed by atoms with Crippen molar-refractivity contribution in [3.05, 3.63) is 87.5 Å². The second-order valence-corrected chi connectivity index (χ2v) is 8.52. The third-order valence-electron chi connectivity index (χ3n) is 5.06. The Morgan fingerprint density at radius 3 is 2.19 bits per heavy atom. The van der Waals surface area contributed by atoms with Crippen molar-refractivity contribution in [3.63, 3.8) is 0 Å². The Morgan fingerprint density at radius 2 is 1.51 bits per heavy atom. The highest BCUT2D eigenvalue weighted by Gasteiger charge is 2.25. The highest BCUT2D eigenvalue weighted by Crippen LogP contribution is 2.32. The maximum Gasteiger partial charge on any atom is 0.363 e. The number of hydrogen-bond acceptors (Lipinski definition) is 9. The SMILES string of the molecule is COc1cc(C2=N/C(=C\c3ccc(OC(=O)c4ccc(Br)cc4)c(OC)c3)C(=O)O2)ccc1OC(C)=O. The summed E-state index contributed by atoms with van der Waals surface area (Å²) >= 11 is 3.32. The Bertz CT molecular complexity index is 1440. The molecule has 0 bridgehead atoms. The molecule has 0 atom stereocenters. The van der Waals surface area contributed by atoms with E-state index >= 15 is 0 Å². The van der Waals surface area contributed by atoms with Crippen LogP contribution in [-0.2, 0) is 14.3 Å². The van der Waals surface area contributed by atoms with Crippen molar-refractivity contribution in [3.8, 4) is 23.0 Å². The first-order valence-electron chi connectivity index (χ1n) is 10.8. The van der Waals surface area contributed by atoms with Crippen molar-refractivity contribution >= 4 is 45.8 Å². The summed E-state index contributed by atoms with van der Waals surface area (Å²) in [7, 11) is 2.86. The molecule has 0 saturated carbocycles. The number of rotatable bonds is 7. The van der Waals surface area contributed by atoms with Gasteiger partial charge in [-0.05, 0) is 66.2 Å². The van der Waals surface area contributed by atoms with Crippen molar-refractivity contribution < 1.29 is 38.1 Å². The molecule has 0 spiro atoms. The van der Waals surface area contributed by atoms with Crippen LogP contribution in [0.4, 0.5) is 0 Å². The molecule has 3 aromatic rings. The van der Waals surface area contributed by atoms with Crippen molar-refractivity contribution in [1.82, 2.24) is 0 Å². The first-order chi connectivity index (χ1) is 17.8. The molecular formula is C27H20BrNO8. The van der Waals surface area contributed by atoms with E-state index in [1.165, 1.54) is 33.3 Å². The average Bonchev–Trinajstić information content (AvgIpc) is 3.25. The normalized spacial score (nSPS) is 13.6. The van der Waals surface area contributed by atoms with E-state index in [2.05, 4.69) is 20.9 Å². The Morgan fingerprint density at radius 1 is 0.865 bits per heavy atom. The van der Waals surface area contributed by atoms with Crippen LogP contribution in [0.3, 0.4) is 0 Å². The van der Waals surface area contributed by atoms with Crippen molar-refractivity contribution in [2.24, 2.45) is 4.99 Å². The summed E-state index contributed by atoms with van der Waals surface area (Å²) in [4.78, 5) is 40.5. The van der Waals surface area contributed by atoms with Gasteiger partial charge < -0.3 is 23.7 Å². The third-order valence-corrected chi connectivity index (χ3v) is 5.59. The molecule has 0 aliphatic carbocycles. The van der Waals surface area contributed by atoms with Crippen LogP contribution in [0.1, 0.15) is 28.4 Å². The van der Waals surface area contributed by atoms with Gasteiger partial charge in [0, 0.05) is 17.0 Å². The maximum absolute atomic E-state index is 12.5. The van der Waals surface area contributed by atoms with Gasteiger partial charge in [0.1, 0.15) is 0 Å². The Labute approximate surface area is 220 Å². The summed E-state index contributed by atoms with van der Waals surface area (Å²) < 4.78 is 27.4. The zero-order valence-corrected chi connectivity index (χ0v) is 21.5. The lowest BCUT2D eigenvalue weighted by molar-refractivity contribution is -0.132. The number of nitrogens with zero attached hydrogens (tertiary/aromatic N) is 1. The van der Waals surface area contributed by atoms with E-state index in [4.69, 9.17) is 23.7 Å². The summed E-state index contributed by atoms with van der Waals surface area (Å²) in [5.74, 6) is -0.601. The molecule has 1 heterocycles. The highest BCUT2D eigenvalue weighted by molar-refractivity contribution is 9.10. The minimum absolute atomic E-state index is 0.0553. The smallest absolute Gasteiger partial charge is 0.363 e. The second-order valence-electron chi connectivity index (χ2n) is 7.60. The van der Waals surface area contributed by atoms with Crippen molar-refractivity contribution in [2.45, 2.75) is 6.92 Å². The first kappa shape index (κ1) is 25.6. The molecule has 9 nitrogen and oxygen atoms in total. The van der Waals surface area contributed by atoms with Gasteiger partial charge in [0.25, 0.3) is 0 Å². The number of aliphatic imine (C=N–C) groups is 1. The summed E-state index contributed by atoms with van der Waals surface area (Å²) in [5.41, 5.74) is 1.46. The molecular weight excluding hydrogens is 546 g/mol. The molecule has 0 saturated heterocycles. The van der Waals surface area contributed by atoms with E-state index in [1.54, 1.807) is 54.6 Å². The number of hydrogen-bond donors (Lipinski definition) is 0. The van der Waals surface area contributed by atoms with E-state index in [1.807, 2.05) is 0 Å².